The number of benzene rings is 1. The van der Waals surface area contributed by atoms with Gasteiger partial charge in [0.2, 0.25) is 5.91 Å². The van der Waals surface area contributed by atoms with E-state index in [1.54, 1.807) is 29.2 Å². The fraction of sp³-hybridized carbons (Fsp3) is 0.357. The molecular weight excluding hydrogens is 304 g/mol. The summed E-state index contributed by atoms with van der Waals surface area (Å²) in [6.45, 7) is 3.86. The van der Waals surface area contributed by atoms with Crippen molar-refractivity contribution < 1.29 is 4.79 Å². The van der Waals surface area contributed by atoms with Crippen LogP contribution in [0.15, 0.2) is 22.5 Å². The molecule has 112 valence electrons. The number of carbonyl (C=O) groups is 1. The molecule has 21 heavy (non-hydrogen) atoms. The molecule has 0 aliphatic carbocycles. The highest BCUT2D eigenvalue weighted by molar-refractivity contribution is 8.01. The molecule has 1 heterocycles. The Kier molecular flexibility index (Phi) is 5.58. The molecule has 0 saturated heterocycles. The number of nitrogens with one attached hydrogen (secondary N) is 1. The first-order chi connectivity index (χ1) is 10.0. The monoisotopic (exact) mass is 322 g/mol. The third-order valence-corrected chi connectivity index (χ3v) is 4.86. The molecule has 0 fully saturated rings. The highest BCUT2D eigenvalue weighted by Crippen LogP contribution is 2.23. The summed E-state index contributed by atoms with van der Waals surface area (Å²) in [7, 11) is 0. The number of carbonyl (C=O) groups excluding carboxylic acids is 1. The Morgan fingerprint density at radius 3 is 2.86 bits per heavy atom. The summed E-state index contributed by atoms with van der Waals surface area (Å²) < 4.78 is 0.960. The molecule has 0 unspecified atom stereocenters. The molecule has 0 spiro atoms. The minimum Gasteiger partial charge on any atom is -0.399 e. The lowest BCUT2D eigenvalue weighted by atomic mass is 10.1. The lowest BCUT2D eigenvalue weighted by Crippen LogP contribution is -2.12. The van der Waals surface area contributed by atoms with Gasteiger partial charge in [-0.1, -0.05) is 23.1 Å². The van der Waals surface area contributed by atoms with Crippen LogP contribution in [0, 0.1) is 13.8 Å². The molecule has 0 bridgehead atoms. The van der Waals surface area contributed by atoms with E-state index in [0.29, 0.717) is 12.1 Å². The summed E-state index contributed by atoms with van der Waals surface area (Å²) in [6, 6.07) is 5.47. The van der Waals surface area contributed by atoms with Gasteiger partial charge in [-0.25, -0.2) is 0 Å². The molecule has 3 N–H and O–H groups in total. The summed E-state index contributed by atoms with van der Waals surface area (Å²) in [6.07, 6.45) is 1.30. The van der Waals surface area contributed by atoms with Crippen molar-refractivity contribution in [1.29, 1.82) is 0 Å². The molecule has 0 aliphatic rings. The van der Waals surface area contributed by atoms with E-state index in [4.69, 9.17) is 5.73 Å². The Bertz CT molecular complexity index is 627. The number of thioether (sulfide) groups is 1. The topological polar surface area (TPSA) is 80.9 Å². The number of nitrogen functional groups attached to an aromatic ring is 1. The summed E-state index contributed by atoms with van der Waals surface area (Å²) in [4.78, 5) is 11.9. The van der Waals surface area contributed by atoms with Crippen LogP contribution < -0.4 is 11.1 Å². The zero-order valence-electron chi connectivity index (χ0n) is 12.0. The zero-order valence-corrected chi connectivity index (χ0v) is 13.7. The lowest BCUT2D eigenvalue weighted by Gasteiger charge is -2.08. The first kappa shape index (κ1) is 15.8. The van der Waals surface area contributed by atoms with Crippen molar-refractivity contribution in [3.8, 4) is 0 Å². The molecular formula is C14H18N4OS2. The first-order valence-electron chi connectivity index (χ1n) is 6.63. The molecule has 1 aromatic heterocycles. The Morgan fingerprint density at radius 1 is 1.38 bits per heavy atom. The predicted molar refractivity (Wildman–Crippen MR) is 88.8 cm³/mol. The molecule has 0 radical (unpaired) electrons. The van der Waals surface area contributed by atoms with Crippen molar-refractivity contribution >= 4 is 40.4 Å². The van der Waals surface area contributed by atoms with Crippen molar-refractivity contribution in [1.82, 2.24) is 10.2 Å². The van der Waals surface area contributed by atoms with Crippen LogP contribution in [0.5, 0.6) is 0 Å². The minimum atomic E-state index is 0.0249. The summed E-state index contributed by atoms with van der Waals surface area (Å²) >= 11 is 3.22. The maximum absolute atomic E-state index is 11.9. The van der Waals surface area contributed by atoms with E-state index in [1.165, 1.54) is 0 Å². The Balaban J connectivity index is 1.72. The SMILES string of the molecule is Cc1nnc(SCCCC(=O)Nc2ccc(N)cc2C)s1. The third kappa shape index (κ3) is 5.02. The Labute approximate surface area is 132 Å². The Morgan fingerprint density at radius 2 is 2.19 bits per heavy atom. The molecule has 2 rings (SSSR count). The van der Waals surface area contributed by atoms with Gasteiger partial charge in [-0.15, -0.1) is 10.2 Å². The molecule has 2 aromatic rings. The second-order valence-corrected chi connectivity index (χ2v) is 7.19. The van der Waals surface area contributed by atoms with Crippen LogP contribution in [0.1, 0.15) is 23.4 Å². The van der Waals surface area contributed by atoms with Crippen LogP contribution in [0.4, 0.5) is 11.4 Å². The average Bonchev–Trinajstić information content (AvgIpc) is 2.84. The van der Waals surface area contributed by atoms with E-state index >= 15 is 0 Å². The van der Waals surface area contributed by atoms with E-state index in [-0.39, 0.29) is 5.91 Å². The Hall–Kier alpha value is -1.60. The number of anilines is 2. The number of rotatable bonds is 6. The standard InChI is InChI=1S/C14H18N4OS2/c1-9-8-11(15)5-6-12(9)16-13(19)4-3-7-20-14-18-17-10(2)21-14/h5-6,8H,3-4,7,15H2,1-2H3,(H,16,19). The van der Waals surface area contributed by atoms with E-state index in [1.807, 2.05) is 26.0 Å². The number of nitrogens with two attached hydrogens (primary N) is 1. The number of amides is 1. The van der Waals surface area contributed by atoms with Crippen molar-refractivity contribution in [2.45, 2.75) is 31.0 Å². The smallest absolute Gasteiger partial charge is 0.224 e. The van der Waals surface area contributed by atoms with Gasteiger partial charge in [-0.3, -0.25) is 4.79 Å². The van der Waals surface area contributed by atoms with Gasteiger partial charge in [0.05, 0.1) is 0 Å². The summed E-state index contributed by atoms with van der Waals surface area (Å²) in [5.74, 6) is 0.889. The predicted octanol–water partition coefficient (Wildman–Crippen LogP) is 3.25. The number of aryl methyl sites for hydroxylation is 2. The van der Waals surface area contributed by atoms with Crippen LogP contribution in [-0.2, 0) is 4.79 Å². The summed E-state index contributed by atoms with van der Waals surface area (Å²) in [5, 5.41) is 11.9. The zero-order chi connectivity index (χ0) is 15.2. The third-order valence-electron chi connectivity index (χ3n) is 2.81. The second-order valence-electron chi connectivity index (χ2n) is 4.66. The molecule has 0 saturated carbocycles. The van der Waals surface area contributed by atoms with E-state index in [2.05, 4.69) is 15.5 Å². The molecule has 5 nitrogen and oxygen atoms in total. The van der Waals surface area contributed by atoms with Gasteiger partial charge in [0.15, 0.2) is 4.34 Å². The second kappa shape index (κ2) is 7.42. The van der Waals surface area contributed by atoms with Gasteiger partial charge in [0.25, 0.3) is 0 Å². The van der Waals surface area contributed by atoms with Crippen molar-refractivity contribution in [3.63, 3.8) is 0 Å². The lowest BCUT2D eigenvalue weighted by molar-refractivity contribution is -0.116. The quantitative estimate of drug-likeness (QED) is 0.485. The minimum absolute atomic E-state index is 0.0249. The normalized spacial score (nSPS) is 10.6. The molecule has 7 heteroatoms. The molecule has 1 amide bonds. The van der Waals surface area contributed by atoms with Crippen LogP contribution in [0.3, 0.4) is 0 Å². The van der Waals surface area contributed by atoms with E-state index in [9.17, 15) is 4.79 Å². The first-order valence-corrected chi connectivity index (χ1v) is 8.43. The van der Waals surface area contributed by atoms with Crippen molar-refractivity contribution in [2.75, 3.05) is 16.8 Å². The van der Waals surface area contributed by atoms with Crippen molar-refractivity contribution in [2.24, 2.45) is 0 Å². The highest BCUT2D eigenvalue weighted by atomic mass is 32.2. The number of hydrogen-bond acceptors (Lipinski definition) is 6. The molecule has 0 atom stereocenters. The maximum atomic E-state index is 11.9. The van der Waals surface area contributed by atoms with Crippen molar-refractivity contribution in [3.05, 3.63) is 28.8 Å². The van der Waals surface area contributed by atoms with Crippen LogP contribution in [0.2, 0.25) is 0 Å². The van der Waals surface area contributed by atoms with Gasteiger partial charge in [0, 0.05) is 23.5 Å². The van der Waals surface area contributed by atoms with Gasteiger partial charge in [0.1, 0.15) is 5.01 Å². The van der Waals surface area contributed by atoms with Gasteiger partial charge >= 0.3 is 0 Å². The number of nitrogens with zero attached hydrogens (tertiary/aromatic N) is 2. The van der Waals surface area contributed by atoms with Gasteiger partial charge in [-0.05, 0) is 44.0 Å². The van der Waals surface area contributed by atoms with E-state index in [0.717, 1.165) is 32.8 Å². The maximum Gasteiger partial charge on any atom is 0.224 e. The molecule has 1 aromatic carbocycles. The summed E-state index contributed by atoms with van der Waals surface area (Å²) in [5.41, 5.74) is 8.19. The van der Waals surface area contributed by atoms with Crippen LogP contribution >= 0.6 is 23.1 Å². The largest absolute Gasteiger partial charge is 0.399 e. The number of hydrogen-bond donors (Lipinski definition) is 2. The fourth-order valence-electron chi connectivity index (χ4n) is 1.77. The van der Waals surface area contributed by atoms with Gasteiger partial charge in [-0.2, -0.15) is 0 Å². The highest BCUT2D eigenvalue weighted by Gasteiger charge is 2.06. The number of aromatic nitrogens is 2. The molecule has 0 aliphatic heterocycles. The van der Waals surface area contributed by atoms with Crippen LogP contribution in [-0.4, -0.2) is 21.9 Å². The fourth-order valence-corrected chi connectivity index (χ4v) is 3.59. The average molecular weight is 322 g/mol. The van der Waals surface area contributed by atoms with E-state index < -0.39 is 0 Å². The van der Waals surface area contributed by atoms with Crippen LogP contribution in [0.25, 0.3) is 0 Å². The van der Waals surface area contributed by atoms with Gasteiger partial charge < -0.3 is 11.1 Å².